The minimum absolute atomic E-state index is 0.0780. The lowest BCUT2D eigenvalue weighted by molar-refractivity contribution is -0.122. The quantitative estimate of drug-likeness (QED) is 0.358. The van der Waals surface area contributed by atoms with Crippen LogP contribution in [0.3, 0.4) is 0 Å². The topological polar surface area (TPSA) is 88.5 Å². The second kappa shape index (κ2) is 8.10. The van der Waals surface area contributed by atoms with Gasteiger partial charge in [-0.3, -0.25) is 19.8 Å². The Labute approximate surface area is 188 Å². The van der Waals surface area contributed by atoms with Crippen LogP contribution in [-0.4, -0.2) is 29.3 Å². The Morgan fingerprint density at radius 3 is 2.29 bits per heavy atom. The highest BCUT2D eigenvalue weighted by Gasteiger charge is 2.35. The van der Waals surface area contributed by atoms with Gasteiger partial charge in [0.1, 0.15) is 5.57 Å². The number of carbonyl (C=O) groups excluding carboxylic acids is 2. The molecular formula is C21H14ClN3O4S2. The van der Waals surface area contributed by atoms with E-state index in [1.54, 1.807) is 42.5 Å². The summed E-state index contributed by atoms with van der Waals surface area (Å²) < 4.78 is 27.0. The van der Waals surface area contributed by atoms with Crippen LogP contribution < -0.4 is 10.2 Å². The van der Waals surface area contributed by atoms with Gasteiger partial charge in [-0.1, -0.05) is 29.8 Å². The summed E-state index contributed by atoms with van der Waals surface area (Å²) in [5.74, 6) is -1.40. The van der Waals surface area contributed by atoms with Crippen LogP contribution in [0, 0.1) is 0 Å². The van der Waals surface area contributed by atoms with Crippen LogP contribution in [0.5, 0.6) is 0 Å². The highest BCUT2D eigenvalue weighted by atomic mass is 35.5. The SMILES string of the molecule is O=C1NC(=S)N(c2ccc(Cl)cc2)C(=O)C1=Cc1cccn1S(=O)(=O)c1ccccc1. The summed E-state index contributed by atoms with van der Waals surface area (Å²) in [6, 6.07) is 17.2. The van der Waals surface area contributed by atoms with Crippen LogP contribution in [0.2, 0.25) is 5.02 Å². The predicted octanol–water partition coefficient (Wildman–Crippen LogP) is 3.21. The summed E-state index contributed by atoms with van der Waals surface area (Å²) in [6.45, 7) is 0. The van der Waals surface area contributed by atoms with Crippen LogP contribution >= 0.6 is 23.8 Å². The van der Waals surface area contributed by atoms with Crippen LogP contribution in [0.4, 0.5) is 5.69 Å². The van der Waals surface area contributed by atoms with Gasteiger partial charge in [0.25, 0.3) is 21.8 Å². The molecule has 0 atom stereocenters. The second-order valence-corrected chi connectivity index (χ2v) is 9.12. The third-order valence-electron chi connectivity index (χ3n) is 4.52. The smallest absolute Gasteiger partial charge is 0.270 e. The molecule has 1 aromatic heterocycles. The number of hydrogen-bond acceptors (Lipinski definition) is 5. The predicted molar refractivity (Wildman–Crippen MR) is 121 cm³/mol. The number of nitrogens with zero attached hydrogens (tertiary/aromatic N) is 2. The van der Waals surface area contributed by atoms with E-state index in [9.17, 15) is 18.0 Å². The fourth-order valence-electron chi connectivity index (χ4n) is 3.05. The van der Waals surface area contributed by atoms with Crippen LogP contribution in [0.15, 0.2) is 83.4 Å². The molecule has 7 nitrogen and oxygen atoms in total. The van der Waals surface area contributed by atoms with E-state index in [4.69, 9.17) is 23.8 Å². The zero-order valence-electron chi connectivity index (χ0n) is 15.7. The molecule has 1 aliphatic rings. The summed E-state index contributed by atoms with van der Waals surface area (Å²) in [7, 11) is -3.92. The number of rotatable bonds is 4. The van der Waals surface area contributed by atoms with Crippen molar-refractivity contribution in [3.05, 3.63) is 89.2 Å². The van der Waals surface area contributed by atoms with Crippen LogP contribution in [-0.2, 0) is 19.6 Å². The van der Waals surface area contributed by atoms with E-state index < -0.39 is 21.8 Å². The fraction of sp³-hybridized carbons (Fsp3) is 0. The number of anilines is 1. The third kappa shape index (κ3) is 3.90. The lowest BCUT2D eigenvalue weighted by Crippen LogP contribution is -2.54. The van der Waals surface area contributed by atoms with Gasteiger partial charge in [0.15, 0.2) is 5.11 Å². The van der Waals surface area contributed by atoms with Crippen molar-refractivity contribution in [3.63, 3.8) is 0 Å². The maximum absolute atomic E-state index is 13.1. The van der Waals surface area contributed by atoms with E-state index in [1.807, 2.05) is 0 Å². The molecule has 0 spiro atoms. The van der Waals surface area contributed by atoms with E-state index in [2.05, 4.69) is 5.32 Å². The molecule has 31 heavy (non-hydrogen) atoms. The molecule has 156 valence electrons. The first-order valence-electron chi connectivity index (χ1n) is 8.94. The monoisotopic (exact) mass is 471 g/mol. The van der Waals surface area contributed by atoms with Crippen molar-refractivity contribution < 1.29 is 18.0 Å². The minimum Gasteiger partial charge on any atom is -0.298 e. The Hall–Kier alpha value is -3.27. The van der Waals surface area contributed by atoms with Gasteiger partial charge < -0.3 is 0 Å². The molecule has 1 saturated heterocycles. The normalized spacial score (nSPS) is 16.0. The summed E-state index contributed by atoms with van der Waals surface area (Å²) in [4.78, 5) is 26.8. The number of benzene rings is 2. The van der Waals surface area contributed by atoms with E-state index in [-0.39, 0.29) is 21.3 Å². The Morgan fingerprint density at radius 1 is 0.935 bits per heavy atom. The zero-order chi connectivity index (χ0) is 22.2. The van der Waals surface area contributed by atoms with Crippen molar-refractivity contribution in [1.82, 2.24) is 9.29 Å². The average molecular weight is 472 g/mol. The molecule has 0 radical (unpaired) electrons. The number of halogens is 1. The second-order valence-electron chi connectivity index (χ2n) is 6.48. The Bertz CT molecular complexity index is 1330. The van der Waals surface area contributed by atoms with Gasteiger partial charge in [0.05, 0.1) is 16.3 Å². The van der Waals surface area contributed by atoms with Crippen LogP contribution in [0.25, 0.3) is 6.08 Å². The van der Waals surface area contributed by atoms with E-state index >= 15 is 0 Å². The lowest BCUT2D eigenvalue weighted by atomic mass is 10.1. The summed E-state index contributed by atoms with van der Waals surface area (Å²) in [5.41, 5.74) is 0.301. The molecule has 4 rings (SSSR count). The zero-order valence-corrected chi connectivity index (χ0v) is 18.1. The summed E-state index contributed by atoms with van der Waals surface area (Å²) in [6.07, 6.45) is 2.57. The molecule has 2 amide bonds. The van der Waals surface area contributed by atoms with E-state index in [0.717, 1.165) is 8.87 Å². The van der Waals surface area contributed by atoms with Crippen molar-refractivity contribution in [2.75, 3.05) is 4.90 Å². The highest BCUT2D eigenvalue weighted by molar-refractivity contribution is 7.90. The molecule has 1 fully saturated rings. The molecule has 0 aliphatic carbocycles. The summed E-state index contributed by atoms with van der Waals surface area (Å²) in [5, 5.41) is 2.86. The lowest BCUT2D eigenvalue weighted by Gasteiger charge is -2.29. The molecule has 0 bridgehead atoms. The average Bonchev–Trinajstić information content (AvgIpc) is 3.22. The number of nitrogens with one attached hydrogen (secondary N) is 1. The van der Waals surface area contributed by atoms with Crippen molar-refractivity contribution in [2.45, 2.75) is 4.90 Å². The first-order valence-corrected chi connectivity index (χ1v) is 11.2. The minimum atomic E-state index is -3.92. The van der Waals surface area contributed by atoms with Crippen molar-refractivity contribution in [3.8, 4) is 0 Å². The van der Waals surface area contributed by atoms with Gasteiger partial charge in [0.2, 0.25) is 0 Å². The largest absolute Gasteiger partial charge is 0.298 e. The maximum Gasteiger partial charge on any atom is 0.270 e. The third-order valence-corrected chi connectivity index (χ3v) is 6.78. The van der Waals surface area contributed by atoms with E-state index in [0.29, 0.717) is 10.7 Å². The van der Waals surface area contributed by atoms with Gasteiger partial charge in [-0.05, 0) is 66.8 Å². The van der Waals surface area contributed by atoms with Gasteiger partial charge in [-0.25, -0.2) is 12.4 Å². The molecular weight excluding hydrogens is 458 g/mol. The van der Waals surface area contributed by atoms with Crippen molar-refractivity contribution in [1.29, 1.82) is 0 Å². The van der Waals surface area contributed by atoms with Gasteiger partial charge in [-0.2, -0.15) is 0 Å². The standard InChI is InChI=1S/C21H14ClN3O4S2/c22-14-8-10-15(11-9-14)25-20(27)18(19(26)23-21(25)30)13-16-5-4-12-24(16)31(28,29)17-6-2-1-3-7-17/h1-13H,(H,23,26,30). The van der Waals surface area contributed by atoms with Crippen LogP contribution in [0.1, 0.15) is 5.69 Å². The van der Waals surface area contributed by atoms with Crippen molar-refractivity contribution >= 4 is 62.5 Å². The van der Waals surface area contributed by atoms with Gasteiger partial charge in [-0.15, -0.1) is 0 Å². The number of carbonyl (C=O) groups is 2. The molecule has 2 heterocycles. The number of aromatic nitrogens is 1. The molecule has 10 heteroatoms. The van der Waals surface area contributed by atoms with Gasteiger partial charge >= 0.3 is 0 Å². The Kier molecular flexibility index (Phi) is 5.48. The number of thiocarbonyl (C=S) groups is 1. The van der Waals surface area contributed by atoms with Crippen molar-refractivity contribution in [2.24, 2.45) is 0 Å². The Balaban J connectivity index is 1.76. The molecule has 2 aromatic carbocycles. The van der Waals surface area contributed by atoms with E-state index in [1.165, 1.54) is 36.5 Å². The molecule has 1 N–H and O–H groups in total. The maximum atomic E-state index is 13.1. The molecule has 3 aromatic rings. The first kappa shape index (κ1) is 21.0. The molecule has 1 aliphatic heterocycles. The molecule has 0 unspecified atom stereocenters. The number of amides is 2. The molecule has 0 saturated carbocycles. The number of hydrogen-bond donors (Lipinski definition) is 1. The Morgan fingerprint density at radius 2 is 1.61 bits per heavy atom. The highest BCUT2D eigenvalue weighted by Crippen LogP contribution is 2.25. The fourth-order valence-corrected chi connectivity index (χ4v) is 4.80. The first-order chi connectivity index (χ1) is 14.8. The van der Waals surface area contributed by atoms with Gasteiger partial charge in [0, 0.05) is 11.2 Å². The summed E-state index contributed by atoms with van der Waals surface area (Å²) >= 11 is 11.1.